The van der Waals surface area contributed by atoms with Crippen LogP contribution in [0.3, 0.4) is 0 Å². The van der Waals surface area contributed by atoms with Crippen LogP contribution in [0.15, 0.2) is 54.6 Å². The molecule has 1 atom stereocenters. The molecule has 1 aliphatic carbocycles. The fourth-order valence-electron chi connectivity index (χ4n) is 2.84. The minimum Gasteiger partial charge on any atom is -0.294 e. The van der Waals surface area contributed by atoms with Crippen LogP contribution < -0.4 is 0 Å². The molecule has 0 fully saturated rings. The molecule has 0 aliphatic heterocycles. The highest BCUT2D eigenvalue weighted by molar-refractivity contribution is 6.04. The molecule has 0 aromatic heterocycles. The van der Waals surface area contributed by atoms with Crippen molar-refractivity contribution in [1.29, 1.82) is 0 Å². The van der Waals surface area contributed by atoms with E-state index in [0.29, 0.717) is 12.0 Å². The molecular formula is C18H16O2. The van der Waals surface area contributed by atoms with Gasteiger partial charge in [-0.1, -0.05) is 54.6 Å². The Balaban J connectivity index is 1.85. The first-order valence-electron chi connectivity index (χ1n) is 6.96. The minimum atomic E-state index is -0.197. The lowest BCUT2D eigenvalue weighted by atomic mass is 9.90. The van der Waals surface area contributed by atoms with Crippen molar-refractivity contribution in [3.8, 4) is 0 Å². The van der Waals surface area contributed by atoms with Gasteiger partial charge in [0.05, 0.1) is 0 Å². The predicted molar refractivity (Wildman–Crippen MR) is 78.0 cm³/mol. The Morgan fingerprint density at radius 2 is 1.65 bits per heavy atom. The topological polar surface area (TPSA) is 34.1 Å². The van der Waals surface area contributed by atoms with Crippen molar-refractivity contribution in [2.24, 2.45) is 5.92 Å². The van der Waals surface area contributed by atoms with Crippen LogP contribution in [0.5, 0.6) is 0 Å². The third-order valence-corrected chi connectivity index (χ3v) is 3.94. The molecule has 0 radical (unpaired) electrons. The van der Waals surface area contributed by atoms with Crippen LogP contribution in [0.1, 0.15) is 39.1 Å². The van der Waals surface area contributed by atoms with Gasteiger partial charge in [0.25, 0.3) is 0 Å². The van der Waals surface area contributed by atoms with Crippen LogP contribution in [0.2, 0.25) is 0 Å². The molecule has 2 nitrogen and oxygen atoms in total. The zero-order chi connectivity index (χ0) is 13.9. The van der Waals surface area contributed by atoms with E-state index in [-0.39, 0.29) is 17.5 Å². The molecule has 1 aliphatic rings. The van der Waals surface area contributed by atoms with Crippen molar-refractivity contribution >= 4 is 11.6 Å². The molecule has 20 heavy (non-hydrogen) atoms. The van der Waals surface area contributed by atoms with Crippen molar-refractivity contribution in [3.05, 3.63) is 71.3 Å². The molecule has 0 spiro atoms. The van der Waals surface area contributed by atoms with E-state index in [1.165, 1.54) is 0 Å². The maximum Gasteiger partial charge on any atom is 0.166 e. The van der Waals surface area contributed by atoms with Gasteiger partial charge >= 0.3 is 0 Å². The summed E-state index contributed by atoms with van der Waals surface area (Å²) >= 11 is 0. The average molecular weight is 264 g/mol. The standard InChI is InChI=1S/C18H16O2/c19-17-12-15(18(20)14-7-2-1-3-8-14)11-10-13-6-4-5-9-16(13)17/h1-9,15H,10-12H2. The van der Waals surface area contributed by atoms with Crippen molar-refractivity contribution in [1.82, 2.24) is 0 Å². The first-order chi connectivity index (χ1) is 9.75. The Bertz CT molecular complexity index is 643. The van der Waals surface area contributed by atoms with Gasteiger partial charge in [0.1, 0.15) is 0 Å². The van der Waals surface area contributed by atoms with E-state index in [2.05, 4.69) is 0 Å². The SMILES string of the molecule is O=C1CC(C(=O)c2ccccc2)CCc2ccccc21. The molecule has 0 bridgehead atoms. The first kappa shape index (κ1) is 12.8. The van der Waals surface area contributed by atoms with Gasteiger partial charge in [0.2, 0.25) is 0 Å². The lowest BCUT2D eigenvalue weighted by Gasteiger charge is -2.11. The summed E-state index contributed by atoms with van der Waals surface area (Å²) in [6.07, 6.45) is 1.87. The lowest BCUT2D eigenvalue weighted by Crippen LogP contribution is -2.17. The lowest BCUT2D eigenvalue weighted by molar-refractivity contribution is 0.0851. The predicted octanol–water partition coefficient (Wildman–Crippen LogP) is 3.70. The summed E-state index contributed by atoms with van der Waals surface area (Å²) in [5.74, 6) is -0.0172. The molecule has 100 valence electrons. The molecular weight excluding hydrogens is 248 g/mol. The van der Waals surface area contributed by atoms with E-state index in [1.54, 1.807) is 0 Å². The van der Waals surface area contributed by atoms with E-state index in [4.69, 9.17) is 0 Å². The summed E-state index contributed by atoms with van der Waals surface area (Å²) in [4.78, 5) is 24.8. The van der Waals surface area contributed by atoms with Crippen molar-refractivity contribution in [3.63, 3.8) is 0 Å². The van der Waals surface area contributed by atoms with Gasteiger partial charge in [-0.05, 0) is 18.4 Å². The first-order valence-corrected chi connectivity index (χ1v) is 6.96. The summed E-state index contributed by atoms with van der Waals surface area (Å²) in [7, 11) is 0. The molecule has 0 saturated heterocycles. The number of benzene rings is 2. The number of Topliss-reactive ketones (excluding diaryl/α,β-unsaturated/α-hetero) is 2. The van der Waals surface area contributed by atoms with Crippen LogP contribution in [-0.4, -0.2) is 11.6 Å². The van der Waals surface area contributed by atoms with Crippen LogP contribution in [0.4, 0.5) is 0 Å². The van der Waals surface area contributed by atoms with Crippen LogP contribution >= 0.6 is 0 Å². The number of hydrogen-bond acceptors (Lipinski definition) is 2. The van der Waals surface area contributed by atoms with Crippen LogP contribution in [0.25, 0.3) is 0 Å². The van der Waals surface area contributed by atoms with Gasteiger partial charge in [0.15, 0.2) is 11.6 Å². The molecule has 0 heterocycles. The van der Waals surface area contributed by atoms with Crippen LogP contribution in [0, 0.1) is 5.92 Å². The second-order valence-electron chi connectivity index (χ2n) is 5.25. The maximum atomic E-state index is 12.5. The number of rotatable bonds is 2. The number of fused-ring (bicyclic) bond motifs is 1. The second-order valence-corrected chi connectivity index (χ2v) is 5.25. The summed E-state index contributed by atoms with van der Waals surface area (Å²) in [5, 5.41) is 0. The Labute approximate surface area is 118 Å². The fraction of sp³-hybridized carbons (Fsp3) is 0.222. The Morgan fingerprint density at radius 1 is 0.950 bits per heavy atom. The van der Waals surface area contributed by atoms with Gasteiger partial charge in [-0.3, -0.25) is 9.59 Å². The highest BCUT2D eigenvalue weighted by Gasteiger charge is 2.27. The third kappa shape index (κ3) is 2.42. The summed E-state index contributed by atoms with van der Waals surface area (Å²) in [5.41, 5.74) is 2.56. The largest absolute Gasteiger partial charge is 0.294 e. The summed E-state index contributed by atoms with van der Waals surface area (Å²) in [6.45, 7) is 0. The Kier molecular flexibility index (Phi) is 3.46. The van der Waals surface area contributed by atoms with Gasteiger partial charge < -0.3 is 0 Å². The summed E-state index contributed by atoms with van der Waals surface area (Å²) in [6, 6.07) is 17.0. The summed E-state index contributed by atoms with van der Waals surface area (Å²) < 4.78 is 0. The van der Waals surface area contributed by atoms with E-state index in [9.17, 15) is 9.59 Å². The molecule has 1 unspecified atom stereocenters. The molecule has 2 aromatic rings. The maximum absolute atomic E-state index is 12.5. The second kappa shape index (κ2) is 5.41. The average Bonchev–Trinajstić information content (AvgIpc) is 2.67. The molecule has 2 aromatic carbocycles. The highest BCUT2D eigenvalue weighted by Crippen LogP contribution is 2.27. The zero-order valence-corrected chi connectivity index (χ0v) is 11.2. The minimum absolute atomic E-state index is 0.0896. The van der Waals surface area contributed by atoms with E-state index < -0.39 is 0 Å². The molecule has 0 saturated carbocycles. The quantitative estimate of drug-likeness (QED) is 0.612. The Morgan fingerprint density at radius 3 is 2.45 bits per heavy atom. The third-order valence-electron chi connectivity index (χ3n) is 3.94. The zero-order valence-electron chi connectivity index (χ0n) is 11.2. The molecule has 3 rings (SSSR count). The number of carbonyl (C=O) groups excluding carboxylic acids is 2. The number of carbonyl (C=O) groups is 2. The highest BCUT2D eigenvalue weighted by atomic mass is 16.1. The van der Waals surface area contributed by atoms with Crippen LogP contribution in [-0.2, 0) is 6.42 Å². The van der Waals surface area contributed by atoms with E-state index >= 15 is 0 Å². The molecule has 0 N–H and O–H groups in total. The van der Waals surface area contributed by atoms with Crippen molar-refractivity contribution < 1.29 is 9.59 Å². The van der Waals surface area contributed by atoms with Gasteiger partial charge in [0, 0.05) is 23.5 Å². The molecule has 2 heteroatoms. The number of ketones is 2. The molecule has 0 amide bonds. The van der Waals surface area contributed by atoms with Crippen molar-refractivity contribution in [2.75, 3.05) is 0 Å². The number of hydrogen-bond donors (Lipinski definition) is 0. The van der Waals surface area contributed by atoms with E-state index in [0.717, 1.165) is 24.0 Å². The van der Waals surface area contributed by atoms with Gasteiger partial charge in [-0.15, -0.1) is 0 Å². The Hall–Kier alpha value is -2.22. The number of aryl methyl sites for hydroxylation is 1. The van der Waals surface area contributed by atoms with Gasteiger partial charge in [-0.25, -0.2) is 0 Å². The smallest absolute Gasteiger partial charge is 0.166 e. The van der Waals surface area contributed by atoms with E-state index in [1.807, 2.05) is 54.6 Å². The monoisotopic (exact) mass is 264 g/mol. The fourth-order valence-corrected chi connectivity index (χ4v) is 2.84. The van der Waals surface area contributed by atoms with Gasteiger partial charge in [-0.2, -0.15) is 0 Å². The van der Waals surface area contributed by atoms with Crippen molar-refractivity contribution in [2.45, 2.75) is 19.3 Å². The normalized spacial score (nSPS) is 18.2.